The van der Waals surface area contributed by atoms with Crippen LogP contribution in [0.15, 0.2) is 29.4 Å². The third-order valence-electron chi connectivity index (χ3n) is 5.08. The molecule has 2 atom stereocenters. The van der Waals surface area contributed by atoms with Crippen molar-refractivity contribution in [2.24, 2.45) is 16.5 Å². The van der Waals surface area contributed by atoms with Gasteiger partial charge in [0.2, 0.25) is 11.8 Å². The van der Waals surface area contributed by atoms with Crippen molar-refractivity contribution in [3.8, 4) is 0 Å². The lowest BCUT2D eigenvalue weighted by Crippen LogP contribution is -2.45. The van der Waals surface area contributed by atoms with Crippen molar-refractivity contribution in [3.63, 3.8) is 0 Å². The number of rotatable bonds is 6. The van der Waals surface area contributed by atoms with Gasteiger partial charge in [0.15, 0.2) is 5.84 Å². The second kappa shape index (κ2) is 8.92. The molecule has 150 valence electrons. The Labute approximate surface area is 163 Å². The molecule has 2 saturated heterocycles. The Kier molecular flexibility index (Phi) is 6.35. The summed E-state index contributed by atoms with van der Waals surface area (Å²) in [7, 11) is 0. The van der Waals surface area contributed by atoms with Crippen LogP contribution in [0.4, 0.5) is 0 Å². The van der Waals surface area contributed by atoms with E-state index in [1.54, 1.807) is 29.3 Å². The summed E-state index contributed by atoms with van der Waals surface area (Å²) in [6, 6.07) is 4.09. The number of pyridine rings is 1. The second-order valence-electron chi connectivity index (χ2n) is 7.20. The number of amides is 3. The van der Waals surface area contributed by atoms with Crippen molar-refractivity contribution in [1.82, 2.24) is 14.8 Å². The minimum Gasteiger partial charge on any atom is -0.382 e. The summed E-state index contributed by atoms with van der Waals surface area (Å²) in [4.78, 5) is 48.2. The van der Waals surface area contributed by atoms with Crippen LogP contribution in [0.5, 0.6) is 0 Å². The molecule has 3 heterocycles. The Bertz CT molecular complexity index is 766. The van der Waals surface area contributed by atoms with E-state index in [9.17, 15) is 14.4 Å². The molecule has 28 heavy (non-hydrogen) atoms. The number of carbonyl (C=O) groups excluding carboxylic acids is 3. The molecule has 9 heteroatoms. The first kappa shape index (κ1) is 19.9. The Morgan fingerprint density at radius 3 is 2.79 bits per heavy atom. The van der Waals surface area contributed by atoms with Gasteiger partial charge in [0.1, 0.15) is 11.7 Å². The predicted octanol–water partition coefficient (Wildman–Crippen LogP) is -0.356. The monoisotopic (exact) mass is 386 g/mol. The highest BCUT2D eigenvalue weighted by molar-refractivity contribution is 6.04. The van der Waals surface area contributed by atoms with Crippen LogP contribution < -0.4 is 11.5 Å². The molecule has 1 aromatic heterocycles. The highest BCUT2D eigenvalue weighted by atomic mass is 16.2. The van der Waals surface area contributed by atoms with E-state index in [4.69, 9.17) is 11.5 Å². The average molecular weight is 386 g/mol. The lowest BCUT2D eigenvalue weighted by molar-refractivity contribution is -0.137. The van der Waals surface area contributed by atoms with Crippen LogP contribution in [-0.2, 0) is 14.4 Å². The standard InChI is InChI=1S/C19H26N6O3/c20-13(12-24-9-4-7-16(24)26)11-17(27)25-10-3-6-15(25)19(28)23-18(21)14-5-1-2-8-22-14/h1-2,5,8,13,15H,3-4,6-7,9-12,20H2,(H2,21,23,28)/t13-,15-/m0/s1. The minimum atomic E-state index is -0.629. The highest BCUT2D eigenvalue weighted by Crippen LogP contribution is 2.20. The smallest absolute Gasteiger partial charge is 0.270 e. The maximum atomic E-state index is 12.7. The first-order valence-corrected chi connectivity index (χ1v) is 9.58. The van der Waals surface area contributed by atoms with Crippen molar-refractivity contribution in [1.29, 1.82) is 0 Å². The van der Waals surface area contributed by atoms with Gasteiger partial charge in [-0.1, -0.05) is 6.07 Å². The molecule has 0 unspecified atom stereocenters. The van der Waals surface area contributed by atoms with Crippen LogP contribution >= 0.6 is 0 Å². The first-order chi connectivity index (χ1) is 13.5. The molecule has 2 fully saturated rings. The quantitative estimate of drug-likeness (QED) is 0.506. The van der Waals surface area contributed by atoms with Gasteiger partial charge in [-0.2, -0.15) is 4.99 Å². The molecular weight excluding hydrogens is 360 g/mol. The molecule has 3 amide bonds. The summed E-state index contributed by atoms with van der Waals surface area (Å²) in [5.41, 5.74) is 12.4. The molecule has 0 saturated carbocycles. The van der Waals surface area contributed by atoms with Crippen LogP contribution in [0.1, 0.15) is 37.8 Å². The summed E-state index contributed by atoms with van der Waals surface area (Å²) in [6.07, 6.45) is 4.30. The number of nitrogens with zero attached hydrogens (tertiary/aromatic N) is 4. The molecule has 4 N–H and O–H groups in total. The van der Waals surface area contributed by atoms with E-state index in [1.807, 2.05) is 0 Å². The van der Waals surface area contributed by atoms with Gasteiger partial charge in [0.05, 0.1) is 0 Å². The van der Waals surface area contributed by atoms with Crippen LogP contribution in [0, 0.1) is 0 Å². The second-order valence-corrected chi connectivity index (χ2v) is 7.20. The number of hydrogen-bond acceptors (Lipinski definition) is 5. The Hall–Kier alpha value is -2.81. The number of amidine groups is 1. The van der Waals surface area contributed by atoms with Crippen molar-refractivity contribution in [2.75, 3.05) is 19.6 Å². The van der Waals surface area contributed by atoms with Gasteiger partial charge in [-0.3, -0.25) is 19.4 Å². The molecule has 9 nitrogen and oxygen atoms in total. The molecule has 3 rings (SSSR count). The van der Waals surface area contributed by atoms with E-state index >= 15 is 0 Å². The van der Waals surface area contributed by atoms with Crippen LogP contribution in [0.25, 0.3) is 0 Å². The van der Waals surface area contributed by atoms with Gasteiger partial charge < -0.3 is 21.3 Å². The van der Waals surface area contributed by atoms with Crippen LogP contribution in [0.3, 0.4) is 0 Å². The first-order valence-electron chi connectivity index (χ1n) is 9.58. The van der Waals surface area contributed by atoms with Gasteiger partial charge in [-0.25, -0.2) is 0 Å². The fourth-order valence-corrected chi connectivity index (χ4v) is 3.67. The molecule has 0 spiro atoms. The third kappa shape index (κ3) is 4.72. The van der Waals surface area contributed by atoms with Crippen LogP contribution in [0.2, 0.25) is 0 Å². The summed E-state index contributed by atoms with van der Waals surface area (Å²) in [5, 5.41) is 0. The summed E-state index contributed by atoms with van der Waals surface area (Å²) in [5.74, 6) is -0.524. The summed E-state index contributed by atoms with van der Waals surface area (Å²) < 4.78 is 0. The van der Waals surface area contributed by atoms with E-state index in [2.05, 4.69) is 9.98 Å². The van der Waals surface area contributed by atoms with E-state index < -0.39 is 18.0 Å². The number of aliphatic imine (C=N–C) groups is 1. The zero-order valence-electron chi connectivity index (χ0n) is 15.8. The summed E-state index contributed by atoms with van der Waals surface area (Å²) >= 11 is 0. The molecule has 0 aliphatic carbocycles. The molecule has 0 bridgehead atoms. The van der Waals surface area contributed by atoms with Gasteiger partial charge >= 0.3 is 0 Å². The fourth-order valence-electron chi connectivity index (χ4n) is 3.67. The molecule has 0 radical (unpaired) electrons. The number of carbonyl (C=O) groups is 3. The van der Waals surface area contributed by atoms with Gasteiger partial charge in [-0.05, 0) is 31.4 Å². The Morgan fingerprint density at radius 2 is 2.11 bits per heavy atom. The molecule has 1 aromatic rings. The maximum absolute atomic E-state index is 12.7. The predicted molar refractivity (Wildman–Crippen MR) is 103 cm³/mol. The number of aromatic nitrogens is 1. The van der Waals surface area contributed by atoms with Gasteiger partial charge in [0, 0.05) is 44.7 Å². The largest absolute Gasteiger partial charge is 0.382 e. The van der Waals surface area contributed by atoms with E-state index in [-0.39, 0.29) is 24.1 Å². The van der Waals surface area contributed by atoms with Crippen molar-refractivity contribution in [2.45, 2.75) is 44.2 Å². The zero-order chi connectivity index (χ0) is 20.1. The average Bonchev–Trinajstić information content (AvgIpc) is 3.32. The number of likely N-dealkylation sites (tertiary alicyclic amines) is 2. The lowest BCUT2D eigenvalue weighted by atomic mass is 10.1. The molecule has 2 aliphatic heterocycles. The third-order valence-corrected chi connectivity index (χ3v) is 5.08. The lowest BCUT2D eigenvalue weighted by Gasteiger charge is -2.25. The SMILES string of the molecule is NC(=NC(=O)[C@@H]1CCCN1C(=O)C[C@H](N)CN1CCCC1=O)c1ccccn1. The summed E-state index contributed by atoms with van der Waals surface area (Å²) in [6.45, 7) is 1.54. The fraction of sp³-hybridized carbons (Fsp3) is 0.526. The van der Waals surface area contributed by atoms with Crippen molar-refractivity contribution in [3.05, 3.63) is 30.1 Å². The topological polar surface area (TPSA) is 135 Å². The normalized spacial score (nSPS) is 21.2. The highest BCUT2D eigenvalue weighted by Gasteiger charge is 2.35. The van der Waals surface area contributed by atoms with Crippen molar-refractivity contribution < 1.29 is 14.4 Å². The minimum absolute atomic E-state index is 0.0362. The van der Waals surface area contributed by atoms with E-state index in [0.29, 0.717) is 38.2 Å². The molecular formula is C19H26N6O3. The van der Waals surface area contributed by atoms with Gasteiger partial charge in [-0.15, -0.1) is 0 Å². The zero-order valence-corrected chi connectivity index (χ0v) is 15.8. The Morgan fingerprint density at radius 1 is 1.29 bits per heavy atom. The van der Waals surface area contributed by atoms with E-state index in [1.165, 1.54) is 4.90 Å². The maximum Gasteiger partial charge on any atom is 0.270 e. The number of hydrogen-bond donors (Lipinski definition) is 2. The molecule has 2 aliphatic rings. The van der Waals surface area contributed by atoms with Crippen LogP contribution in [-0.4, -0.2) is 70.1 Å². The van der Waals surface area contributed by atoms with E-state index in [0.717, 1.165) is 12.8 Å². The Balaban J connectivity index is 1.59. The molecule has 0 aromatic carbocycles. The number of nitrogens with two attached hydrogens (primary N) is 2. The van der Waals surface area contributed by atoms with Crippen molar-refractivity contribution >= 4 is 23.6 Å². The van der Waals surface area contributed by atoms with Gasteiger partial charge in [0.25, 0.3) is 5.91 Å².